The fourth-order valence-corrected chi connectivity index (χ4v) is 2.35. The lowest BCUT2D eigenvalue weighted by Gasteiger charge is -1.95. The standard InChI is InChI=1S/C8H6BrN3S/c9-5-1-7(13-3-5)6-2-8(10)12-4-11-6/h1-4H,(H2,10,11,12). The van der Waals surface area contributed by atoms with Crippen LogP contribution in [0.4, 0.5) is 5.82 Å². The Morgan fingerprint density at radius 1 is 1.31 bits per heavy atom. The van der Waals surface area contributed by atoms with Crippen LogP contribution in [0.5, 0.6) is 0 Å². The minimum Gasteiger partial charge on any atom is -0.384 e. The smallest absolute Gasteiger partial charge is 0.127 e. The van der Waals surface area contributed by atoms with E-state index < -0.39 is 0 Å². The molecule has 2 aromatic rings. The van der Waals surface area contributed by atoms with Crippen LogP contribution in [0.15, 0.2) is 28.3 Å². The Hall–Kier alpha value is -0.940. The Morgan fingerprint density at radius 2 is 2.15 bits per heavy atom. The van der Waals surface area contributed by atoms with Gasteiger partial charge in [-0.05, 0) is 22.0 Å². The van der Waals surface area contributed by atoms with Gasteiger partial charge in [-0.15, -0.1) is 11.3 Å². The minimum atomic E-state index is 0.495. The van der Waals surface area contributed by atoms with Gasteiger partial charge in [-0.25, -0.2) is 9.97 Å². The predicted molar refractivity (Wildman–Crippen MR) is 57.5 cm³/mol. The van der Waals surface area contributed by atoms with Crippen LogP contribution >= 0.6 is 27.3 Å². The molecule has 13 heavy (non-hydrogen) atoms. The van der Waals surface area contributed by atoms with Gasteiger partial charge in [0.25, 0.3) is 0 Å². The van der Waals surface area contributed by atoms with Crippen LogP contribution in [-0.4, -0.2) is 9.97 Å². The van der Waals surface area contributed by atoms with Crippen molar-refractivity contribution in [3.8, 4) is 10.6 Å². The first-order chi connectivity index (χ1) is 6.25. The number of anilines is 1. The molecule has 0 aliphatic rings. The first-order valence-corrected chi connectivity index (χ1v) is 5.25. The summed E-state index contributed by atoms with van der Waals surface area (Å²) in [6.07, 6.45) is 1.47. The van der Waals surface area contributed by atoms with Gasteiger partial charge in [0, 0.05) is 15.9 Å². The summed E-state index contributed by atoms with van der Waals surface area (Å²) in [5, 5.41) is 2.01. The molecule has 0 saturated heterocycles. The van der Waals surface area contributed by atoms with E-state index >= 15 is 0 Å². The molecule has 0 saturated carbocycles. The molecule has 0 amide bonds. The summed E-state index contributed by atoms with van der Waals surface area (Å²) >= 11 is 5.00. The molecule has 0 spiro atoms. The Kier molecular flexibility index (Phi) is 2.28. The van der Waals surface area contributed by atoms with Crippen molar-refractivity contribution in [2.45, 2.75) is 0 Å². The number of nitrogens with zero attached hydrogens (tertiary/aromatic N) is 2. The number of hydrogen-bond acceptors (Lipinski definition) is 4. The van der Waals surface area contributed by atoms with Crippen LogP contribution in [0.1, 0.15) is 0 Å². The lowest BCUT2D eigenvalue weighted by Crippen LogP contribution is -1.91. The number of nitrogen functional groups attached to an aromatic ring is 1. The van der Waals surface area contributed by atoms with Crippen molar-refractivity contribution < 1.29 is 0 Å². The lowest BCUT2D eigenvalue weighted by atomic mass is 10.3. The maximum Gasteiger partial charge on any atom is 0.127 e. The Morgan fingerprint density at radius 3 is 2.77 bits per heavy atom. The van der Waals surface area contributed by atoms with Crippen LogP contribution in [0.2, 0.25) is 0 Å². The molecule has 0 aliphatic carbocycles. The molecule has 2 aromatic heterocycles. The van der Waals surface area contributed by atoms with E-state index in [1.54, 1.807) is 17.4 Å². The van der Waals surface area contributed by atoms with Gasteiger partial charge in [-0.2, -0.15) is 0 Å². The molecule has 2 N–H and O–H groups in total. The van der Waals surface area contributed by atoms with Gasteiger partial charge in [-0.1, -0.05) is 0 Å². The summed E-state index contributed by atoms with van der Waals surface area (Å²) in [7, 11) is 0. The third-order valence-electron chi connectivity index (χ3n) is 1.51. The molecule has 3 nitrogen and oxygen atoms in total. The van der Waals surface area contributed by atoms with Gasteiger partial charge in [0.1, 0.15) is 12.1 Å². The first-order valence-electron chi connectivity index (χ1n) is 3.57. The van der Waals surface area contributed by atoms with E-state index in [1.165, 1.54) is 6.33 Å². The van der Waals surface area contributed by atoms with Crippen LogP contribution in [0, 0.1) is 0 Å². The molecule has 0 atom stereocenters. The van der Waals surface area contributed by atoms with Gasteiger partial charge >= 0.3 is 0 Å². The van der Waals surface area contributed by atoms with Crippen molar-refractivity contribution in [3.63, 3.8) is 0 Å². The summed E-state index contributed by atoms with van der Waals surface area (Å²) in [6, 6.07) is 3.77. The quantitative estimate of drug-likeness (QED) is 0.853. The van der Waals surface area contributed by atoms with E-state index in [4.69, 9.17) is 5.73 Å². The fourth-order valence-electron chi connectivity index (χ4n) is 0.954. The second kappa shape index (κ2) is 3.43. The van der Waals surface area contributed by atoms with E-state index in [0.29, 0.717) is 5.82 Å². The fraction of sp³-hybridized carbons (Fsp3) is 0. The molecule has 2 rings (SSSR count). The number of aromatic nitrogens is 2. The van der Waals surface area contributed by atoms with Gasteiger partial charge in [0.15, 0.2) is 0 Å². The van der Waals surface area contributed by atoms with Crippen molar-refractivity contribution in [3.05, 3.63) is 28.3 Å². The zero-order chi connectivity index (χ0) is 9.26. The summed E-state index contributed by atoms with van der Waals surface area (Å²) in [4.78, 5) is 9.04. The Balaban J connectivity index is 2.46. The SMILES string of the molecule is Nc1cc(-c2cc(Br)cs2)ncn1. The van der Waals surface area contributed by atoms with E-state index in [2.05, 4.69) is 25.9 Å². The van der Waals surface area contributed by atoms with E-state index in [-0.39, 0.29) is 0 Å². The highest BCUT2D eigenvalue weighted by atomic mass is 79.9. The minimum absolute atomic E-state index is 0.495. The number of halogens is 1. The number of hydrogen-bond donors (Lipinski definition) is 1. The third kappa shape index (κ3) is 1.87. The summed E-state index contributed by atoms with van der Waals surface area (Å²) in [6.45, 7) is 0. The molecule has 0 bridgehead atoms. The average Bonchev–Trinajstić information content (AvgIpc) is 2.52. The van der Waals surface area contributed by atoms with Crippen molar-refractivity contribution in [1.29, 1.82) is 0 Å². The Bertz CT molecular complexity index is 427. The van der Waals surface area contributed by atoms with Crippen molar-refractivity contribution in [1.82, 2.24) is 9.97 Å². The predicted octanol–water partition coefficient (Wildman–Crippen LogP) is 2.55. The molecule has 0 aliphatic heterocycles. The van der Waals surface area contributed by atoms with Gasteiger partial charge in [0.05, 0.1) is 10.6 Å². The second-order valence-electron chi connectivity index (χ2n) is 2.46. The van der Waals surface area contributed by atoms with Crippen LogP contribution in [0.3, 0.4) is 0 Å². The number of rotatable bonds is 1. The number of nitrogens with two attached hydrogens (primary N) is 1. The highest BCUT2D eigenvalue weighted by Crippen LogP contribution is 2.28. The second-order valence-corrected chi connectivity index (χ2v) is 4.28. The average molecular weight is 256 g/mol. The third-order valence-corrected chi connectivity index (χ3v) is 3.22. The summed E-state index contributed by atoms with van der Waals surface area (Å²) in [5.41, 5.74) is 6.41. The molecule has 0 unspecified atom stereocenters. The van der Waals surface area contributed by atoms with Gasteiger partial charge < -0.3 is 5.73 Å². The maximum absolute atomic E-state index is 5.54. The monoisotopic (exact) mass is 255 g/mol. The van der Waals surface area contributed by atoms with Crippen molar-refractivity contribution in [2.75, 3.05) is 5.73 Å². The molecule has 5 heteroatoms. The topological polar surface area (TPSA) is 51.8 Å². The largest absolute Gasteiger partial charge is 0.384 e. The maximum atomic E-state index is 5.54. The van der Waals surface area contributed by atoms with Crippen LogP contribution < -0.4 is 5.73 Å². The lowest BCUT2D eigenvalue weighted by molar-refractivity contribution is 1.19. The van der Waals surface area contributed by atoms with Crippen LogP contribution in [-0.2, 0) is 0 Å². The summed E-state index contributed by atoms with van der Waals surface area (Å²) < 4.78 is 1.06. The van der Waals surface area contributed by atoms with Crippen molar-refractivity contribution >= 4 is 33.1 Å². The molecular formula is C8H6BrN3S. The normalized spacial score (nSPS) is 10.2. The molecule has 0 radical (unpaired) electrons. The van der Waals surface area contributed by atoms with E-state index in [1.807, 2.05) is 11.4 Å². The molecule has 0 aromatic carbocycles. The van der Waals surface area contributed by atoms with E-state index in [9.17, 15) is 0 Å². The van der Waals surface area contributed by atoms with Gasteiger partial charge in [-0.3, -0.25) is 0 Å². The Labute approximate surface area is 87.8 Å². The van der Waals surface area contributed by atoms with Crippen LogP contribution in [0.25, 0.3) is 10.6 Å². The molecule has 2 heterocycles. The number of thiophene rings is 1. The zero-order valence-corrected chi connectivity index (χ0v) is 8.97. The molecule has 66 valence electrons. The molecule has 0 fully saturated rings. The highest BCUT2D eigenvalue weighted by Gasteiger charge is 2.02. The first kappa shape index (κ1) is 8.65. The van der Waals surface area contributed by atoms with Gasteiger partial charge in [0.2, 0.25) is 0 Å². The van der Waals surface area contributed by atoms with E-state index in [0.717, 1.165) is 15.0 Å². The highest BCUT2D eigenvalue weighted by molar-refractivity contribution is 9.10. The zero-order valence-electron chi connectivity index (χ0n) is 6.57. The van der Waals surface area contributed by atoms with Crippen molar-refractivity contribution in [2.24, 2.45) is 0 Å². The molecular weight excluding hydrogens is 250 g/mol. The summed E-state index contributed by atoms with van der Waals surface area (Å²) in [5.74, 6) is 0.495.